The molecule has 0 bridgehead atoms. The molecule has 9 heteroatoms. The van der Waals surface area contributed by atoms with Crippen LogP contribution < -0.4 is 10.6 Å². The fraction of sp³-hybridized carbons (Fsp3) is 0.929. The number of hydrogen-bond acceptors (Lipinski definition) is 4. The van der Waals surface area contributed by atoms with Gasteiger partial charge in [0.15, 0.2) is 5.96 Å². The molecular formula is C14H31IN4O2S2. The summed E-state index contributed by atoms with van der Waals surface area (Å²) in [5.74, 6) is 0.787. The highest BCUT2D eigenvalue weighted by Gasteiger charge is 2.24. The Labute approximate surface area is 162 Å². The van der Waals surface area contributed by atoms with Crippen LogP contribution in [0.2, 0.25) is 0 Å². The van der Waals surface area contributed by atoms with Gasteiger partial charge in [-0.15, -0.1) is 24.0 Å². The molecule has 1 rings (SSSR count). The molecule has 0 amide bonds. The molecule has 1 aliphatic carbocycles. The first-order chi connectivity index (χ1) is 10.5. The van der Waals surface area contributed by atoms with Gasteiger partial charge in [0, 0.05) is 38.0 Å². The molecule has 0 aromatic carbocycles. The third-order valence-electron chi connectivity index (χ3n) is 4.03. The summed E-state index contributed by atoms with van der Waals surface area (Å²) in [6, 6.07) is 0.433. The molecule has 2 N–H and O–H groups in total. The standard InChI is InChI=1S/C14H30N4O2S2.HI/c1-5-18(6-2)22(19,20)10-9-16-14(15-3)17-12-7-8-13(11-12)21-4;/h12-13H,5-11H2,1-4H3,(H2,15,16,17);1H. The highest BCUT2D eigenvalue weighted by molar-refractivity contribution is 14.0. The molecule has 0 aliphatic heterocycles. The molecule has 0 spiro atoms. The van der Waals surface area contributed by atoms with Crippen LogP contribution in [0.3, 0.4) is 0 Å². The maximum atomic E-state index is 12.1. The average molecular weight is 478 g/mol. The zero-order valence-corrected chi connectivity index (χ0v) is 18.5. The average Bonchev–Trinajstić information content (AvgIpc) is 2.94. The zero-order valence-electron chi connectivity index (χ0n) is 14.5. The van der Waals surface area contributed by atoms with Crippen LogP contribution in [0.1, 0.15) is 33.1 Å². The minimum absolute atomic E-state index is 0. The highest BCUT2D eigenvalue weighted by Crippen LogP contribution is 2.27. The van der Waals surface area contributed by atoms with E-state index in [-0.39, 0.29) is 29.7 Å². The summed E-state index contributed by atoms with van der Waals surface area (Å²) in [6.07, 6.45) is 5.66. The summed E-state index contributed by atoms with van der Waals surface area (Å²) in [5, 5.41) is 7.23. The summed E-state index contributed by atoms with van der Waals surface area (Å²) in [5.41, 5.74) is 0. The predicted molar refractivity (Wildman–Crippen MR) is 112 cm³/mol. The van der Waals surface area contributed by atoms with E-state index < -0.39 is 10.0 Å². The number of rotatable bonds is 8. The molecule has 0 heterocycles. The van der Waals surface area contributed by atoms with E-state index in [0.29, 0.717) is 31.6 Å². The van der Waals surface area contributed by atoms with Crippen molar-refractivity contribution in [2.75, 3.05) is 38.7 Å². The predicted octanol–water partition coefficient (Wildman–Crippen LogP) is 1.73. The van der Waals surface area contributed by atoms with Crippen molar-refractivity contribution < 1.29 is 8.42 Å². The van der Waals surface area contributed by atoms with Crippen molar-refractivity contribution in [1.29, 1.82) is 0 Å². The van der Waals surface area contributed by atoms with Gasteiger partial charge in [0.2, 0.25) is 10.0 Å². The molecule has 1 aliphatic rings. The first kappa shape index (κ1) is 23.3. The van der Waals surface area contributed by atoms with Crippen LogP contribution in [0.4, 0.5) is 0 Å². The van der Waals surface area contributed by atoms with E-state index in [2.05, 4.69) is 21.9 Å². The molecule has 0 radical (unpaired) electrons. The third kappa shape index (κ3) is 7.78. The maximum Gasteiger partial charge on any atom is 0.215 e. The van der Waals surface area contributed by atoms with Gasteiger partial charge < -0.3 is 10.6 Å². The minimum atomic E-state index is -3.18. The van der Waals surface area contributed by atoms with Crippen molar-refractivity contribution >= 4 is 51.7 Å². The molecule has 2 atom stereocenters. The number of halogens is 1. The monoisotopic (exact) mass is 478 g/mol. The zero-order chi connectivity index (χ0) is 16.6. The normalized spacial score (nSPS) is 22.0. The smallest absolute Gasteiger partial charge is 0.215 e. The van der Waals surface area contributed by atoms with Crippen molar-refractivity contribution in [2.24, 2.45) is 4.99 Å². The molecule has 138 valence electrons. The topological polar surface area (TPSA) is 73.8 Å². The summed E-state index contributed by atoms with van der Waals surface area (Å²) >= 11 is 1.92. The molecule has 2 unspecified atom stereocenters. The Morgan fingerprint density at radius 2 is 1.96 bits per heavy atom. The largest absolute Gasteiger partial charge is 0.355 e. The summed E-state index contributed by atoms with van der Waals surface area (Å²) in [6.45, 7) is 5.12. The fourth-order valence-electron chi connectivity index (χ4n) is 2.72. The second kappa shape index (κ2) is 11.8. The fourth-order valence-corrected chi connectivity index (χ4v) is 4.92. The van der Waals surface area contributed by atoms with Crippen LogP contribution >= 0.6 is 35.7 Å². The number of sulfonamides is 1. The van der Waals surface area contributed by atoms with Crippen LogP contribution in [0, 0.1) is 0 Å². The van der Waals surface area contributed by atoms with Crippen LogP contribution in [0.25, 0.3) is 0 Å². The van der Waals surface area contributed by atoms with E-state index in [4.69, 9.17) is 0 Å². The Balaban J connectivity index is 0.00000484. The lowest BCUT2D eigenvalue weighted by Gasteiger charge is -2.20. The lowest BCUT2D eigenvalue weighted by molar-refractivity contribution is 0.445. The van der Waals surface area contributed by atoms with Crippen molar-refractivity contribution in [2.45, 2.75) is 44.4 Å². The van der Waals surface area contributed by atoms with Gasteiger partial charge in [-0.05, 0) is 25.5 Å². The summed E-state index contributed by atoms with van der Waals surface area (Å²) in [4.78, 5) is 4.19. The number of nitrogens with one attached hydrogen (secondary N) is 2. The Morgan fingerprint density at radius 1 is 1.30 bits per heavy atom. The van der Waals surface area contributed by atoms with Gasteiger partial charge in [0.05, 0.1) is 5.75 Å². The number of hydrogen-bond donors (Lipinski definition) is 2. The van der Waals surface area contributed by atoms with Crippen LogP contribution in [-0.2, 0) is 10.0 Å². The number of aliphatic imine (C=N–C) groups is 1. The van der Waals surface area contributed by atoms with Gasteiger partial charge in [-0.2, -0.15) is 11.8 Å². The van der Waals surface area contributed by atoms with E-state index >= 15 is 0 Å². The van der Waals surface area contributed by atoms with Gasteiger partial charge >= 0.3 is 0 Å². The molecule has 0 aromatic heterocycles. The van der Waals surface area contributed by atoms with Gasteiger partial charge in [-0.3, -0.25) is 4.99 Å². The van der Waals surface area contributed by atoms with Crippen molar-refractivity contribution in [3.05, 3.63) is 0 Å². The second-order valence-corrected chi connectivity index (χ2v) is 8.64. The highest BCUT2D eigenvalue weighted by atomic mass is 127. The van der Waals surface area contributed by atoms with Gasteiger partial charge in [0.1, 0.15) is 0 Å². The number of thioether (sulfide) groups is 1. The second-order valence-electron chi connectivity index (χ2n) is 5.41. The molecule has 1 saturated carbocycles. The van der Waals surface area contributed by atoms with E-state index in [0.717, 1.165) is 18.1 Å². The van der Waals surface area contributed by atoms with Gasteiger partial charge in [-0.1, -0.05) is 13.8 Å². The first-order valence-electron chi connectivity index (χ1n) is 7.94. The summed E-state index contributed by atoms with van der Waals surface area (Å²) < 4.78 is 25.7. The Bertz CT molecular complexity index is 456. The Hall–Kier alpha value is 0.260. The minimum Gasteiger partial charge on any atom is -0.355 e. The lowest BCUT2D eigenvalue weighted by atomic mass is 10.2. The molecule has 0 saturated heterocycles. The number of guanidine groups is 1. The Kier molecular flexibility index (Phi) is 11.9. The Morgan fingerprint density at radius 3 is 2.43 bits per heavy atom. The molecule has 23 heavy (non-hydrogen) atoms. The maximum absolute atomic E-state index is 12.1. The molecule has 1 fully saturated rings. The number of nitrogens with zero attached hydrogens (tertiary/aromatic N) is 2. The first-order valence-corrected chi connectivity index (χ1v) is 10.8. The lowest BCUT2D eigenvalue weighted by Crippen LogP contribution is -2.45. The van der Waals surface area contributed by atoms with E-state index in [9.17, 15) is 8.42 Å². The van der Waals surface area contributed by atoms with E-state index in [1.807, 2.05) is 25.6 Å². The van der Waals surface area contributed by atoms with Crippen LogP contribution in [0.15, 0.2) is 4.99 Å². The quantitative estimate of drug-likeness (QED) is 0.316. The van der Waals surface area contributed by atoms with Gasteiger partial charge in [0.25, 0.3) is 0 Å². The van der Waals surface area contributed by atoms with Crippen LogP contribution in [-0.4, -0.2) is 68.7 Å². The van der Waals surface area contributed by atoms with Crippen molar-refractivity contribution in [3.63, 3.8) is 0 Å². The van der Waals surface area contributed by atoms with Gasteiger partial charge in [-0.25, -0.2) is 12.7 Å². The van der Waals surface area contributed by atoms with Crippen molar-refractivity contribution in [3.8, 4) is 0 Å². The third-order valence-corrected chi connectivity index (χ3v) is 7.15. The SMILES string of the molecule is CCN(CC)S(=O)(=O)CCNC(=NC)NC1CCC(SC)C1.I. The molecule has 6 nitrogen and oxygen atoms in total. The van der Waals surface area contributed by atoms with E-state index in [1.54, 1.807) is 7.05 Å². The summed E-state index contributed by atoms with van der Waals surface area (Å²) in [7, 11) is -1.46. The van der Waals surface area contributed by atoms with Crippen molar-refractivity contribution in [1.82, 2.24) is 14.9 Å². The van der Waals surface area contributed by atoms with Crippen LogP contribution in [0.5, 0.6) is 0 Å². The molecule has 0 aromatic rings. The van der Waals surface area contributed by atoms with E-state index in [1.165, 1.54) is 10.7 Å². The molecular weight excluding hydrogens is 447 g/mol.